The number of carbonyl (C=O) groups excluding carboxylic acids is 1. The average Bonchev–Trinajstić information content (AvgIpc) is 2.51. The number of halogens is 1. The SMILES string of the molecule is Cn1ncc(Cl)c1C(=O)N1CCCNCC1. The molecule has 0 radical (unpaired) electrons. The van der Waals surface area contributed by atoms with Gasteiger partial charge in [-0.2, -0.15) is 5.10 Å². The molecule has 1 fully saturated rings. The molecule has 1 N–H and O–H groups in total. The molecule has 5 nitrogen and oxygen atoms in total. The summed E-state index contributed by atoms with van der Waals surface area (Å²) in [5.74, 6) is -0.0336. The van der Waals surface area contributed by atoms with Gasteiger partial charge < -0.3 is 10.2 Å². The highest BCUT2D eigenvalue weighted by Crippen LogP contribution is 2.16. The van der Waals surface area contributed by atoms with E-state index in [0.717, 1.165) is 32.6 Å². The van der Waals surface area contributed by atoms with Crippen LogP contribution >= 0.6 is 11.6 Å². The van der Waals surface area contributed by atoms with Gasteiger partial charge in [-0.1, -0.05) is 11.6 Å². The van der Waals surface area contributed by atoms with Crippen molar-refractivity contribution < 1.29 is 4.79 Å². The lowest BCUT2D eigenvalue weighted by molar-refractivity contribution is 0.0755. The van der Waals surface area contributed by atoms with E-state index in [4.69, 9.17) is 11.6 Å². The van der Waals surface area contributed by atoms with E-state index in [1.54, 1.807) is 7.05 Å². The molecule has 0 saturated carbocycles. The van der Waals surface area contributed by atoms with Gasteiger partial charge in [0.2, 0.25) is 0 Å². The molecule has 2 rings (SSSR count). The van der Waals surface area contributed by atoms with Crippen molar-refractivity contribution in [2.75, 3.05) is 26.2 Å². The number of hydrogen-bond acceptors (Lipinski definition) is 3. The summed E-state index contributed by atoms with van der Waals surface area (Å²) < 4.78 is 1.53. The van der Waals surface area contributed by atoms with Crippen LogP contribution in [-0.4, -0.2) is 46.8 Å². The van der Waals surface area contributed by atoms with Gasteiger partial charge in [-0.05, 0) is 13.0 Å². The maximum absolute atomic E-state index is 12.2. The zero-order chi connectivity index (χ0) is 11.5. The van der Waals surface area contributed by atoms with Crippen molar-refractivity contribution in [3.63, 3.8) is 0 Å². The fraction of sp³-hybridized carbons (Fsp3) is 0.600. The first-order chi connectivity index (χ1) is 7.70. The standard InChI is InChI=1S/C10H15ClN4O/c1-14-9(8(11)7-13-14)10(16)15-5-2-3-12-4-6-15/h7,12H,2-6H2,1H3. The third-order valence-electron chi connectivity index (χ3n) is 2.72. The molecule has 0 aliphatic carbocycles. The number of nitrogens with one attached hydrogen (secondary N) is 1. The van der Waals surface area contributed by atoms with Crippen LogP contribution in [-0.2, 0) is 7.05 Å². The molecule has 1 aromatic rings. The molecule has 16 heavy (non-hydrogen) atoms. The van der Waals surface area contributed by atoms with Crippen LogP contribution in [0.5, 0.6) is 0 Å². The van der Waals surface area contributed by atoms with E-state index in [-0.39, 0.29) is 5.91 Å². The Balaban J connectivity index is 2.17. The fourth-order valence-corrected chi connectivity index (χ4v) is 2.10. The summed E-state index contributed by atoms with van der Waals surface area (Å²) >= 11 is 5.95. The lowest BCUT2D eigenvalue weighted by Gasteiger charge is -2.19. The largest absolute Gasteiger partial charge is 0.336 e. The summed E-state index contributed by atoms with van der Waals surface area (Å²) in [4.78, 5) is 14.0. The second-order valence-corrected chi connectivity index (χ2v) is 4.27. The number of aromatic nitrogens is 2. The highest BCUT2D eigenvalue weighted by Gasteiger charge is 2.22. The summed E-state index contributed by atoms with van der Waals surface area (Å²) in [6, 6.07) is 0. The summed E-state index contributed by atoms with van der Waals surface area (Å²) in [6.45, 7) is 3.29. The molecule has 0 spiro atoms. The number of aryl methyl sites for hydroxylation is 1. The van der Waals surface area contributed by atoms with Crippen LogP contribution in [0.3, 0.4) is 0 Å². The Morgan fingerprint density at radius 1 is 1.50 bits per heavy atom. The molecule has 0 aromatic carbocycles. The van der Waals surface area contributed by atoms with Crippen molar-refractivity contribution in [1.29, 1.82) is 0 Å². The van der Waals surface area contributed by atoms with Crippen LogP contribution in [0.15, 0.2) is 6.20 Å². The van der Waals surface area contributed by atoms with E-state index in [1.807, 2.05) is 4.90 Å². The van der Waals surface area contributed by atoms with Crippen LogP contribution in [0.25, 0.3) is 0 Å². The van der Waals surface area contributed by atoms with Crippen molar-refractivity contribution >= 4 is 17.5 Å². The van der Waals surface area contributed by atoms with Gasteiger partial charge in [-0.15, -0.1) is 0 Å². The van der Waals surface area contributed by atoms with E-state index in [2.05, 4.69) is 10.4 Å². The summed E-state index contributed by atoms with van der Waals surface area (Å²) in [6.07, 6.45) is 2.48. The first-order valence-electron chi connectivity index (χ1n) is 5.37. The Morgan fingerprint density at radius 3 is 3.00 bits per heavy atom. The van der Waals surface area contributed by atoms with Crippen LogP contribution in [0.2, 0.25) is 5.02 Å². The lowest BCUT2D eigenvalue weighted by Crippen LogP contribution is -2.35. The van der Waals surface area contributed by atoms with Crippen LogP contribution in [0, 0.1) is 0 Å². The van der Waals surface area contributed by atoms with Gasteiger partial charge in [-0.25, -0.2) is 0 Å². The van der Waals surface area contributed by atoms with E-state index in [1.165, 1.54) is 10.9 Å². The monoisotopic (exact) mass is 242 g/mol. The van der Waals surface area contributed by atoms with Crippen molar-refractivity contribution in [3.8, 4) is 0 Å². The number of amides is 1. The van der Waals surface area contributed by atoms with E-state index >= 15 is 0 Å². The minimum Gasteiger partial charge on any atom is -0.336 e. The molecule has 88 valence electrons. The number of nitrogens with zero attached hydrogens (tertiary/aromatic N) is 3. The van der Waals surface area contributed by atoms with E-state index in [0.29, 0.717) is 10.7 Å². The minimum absolute atomic E-state index is 0.0336. The molecular weight excluding hydrogens is 228 g/mol. The van der Waals surface area contributed by atoms with Gasteiger partial charge >= 0.3 is 0 Å². The average molecular weight is 243 g/mol. The van der Waals surface area contributed by atoms with Crippen LogP contribution in [0.4, 0.5) is 0 Å². The highest BCUT2D eigenvalue weighted by atomic mass is 35.5. The van der Waals surface area contributed by atoms with Gasteiger partial charge in [-0.3, -0.25) is 9.48 Å². The molecule has 6 heteroatoms. The Morgan fingerprint density at radius 2 is 2.31 bits per heavy atom. The van der Waals surface area contributed by atoms with Gasteiger partial charge in [0.1, 0.15) is 5.69 Å². The normalized spacial score (nSPS) is 17.2. The lowest BCUT2D eigenvalue weighted by atomic mass is 10.3. The Bertz CT molecular complexity index is 363. The van der Waals surface area contributed by atoms with Gasteiger partial charge in [0.15, 0.2) is 0 Å². The van der Waals surface area contributed by atoms with Crippen molar-refractivity contribution in [2.45, 2.75) is 6.42 Å². The summed E-state index contributed by atoms with van der Waals surface area (Å²) in [5.41, 5.74) is 0.476. The van der Waals surface area contributed by atoms with Crippen molar-refractivity contribution in [2.24, 2.45) is 7.05 Å². The Hall–Kier alpha value is -1.07. The number of carbonyl (C=O) groups is 1. The Labute approximate surface area is 99.4 Å². The molecule has 1 aliphatic heterocycles. The molecule has 1 saturated heterocycles. The second kappa shape index (κ2) is 4.84. The zero-order valence-corrected chi connectivity index (χ0v) is 10.00. The van der Waals surface area contributed by atoms with Gasteiger partial charge in [0.05, 0.1) is 11.2 Å². The first-order valence-corrected chi connectivity index (χ1v) is 5.75. The predicted molar refractivity (Wildman–Crippen MR) is 61.6 cm³/mol. The molecule has 0 bridgehead atoms. The van der Waals surface area contributed by atoms with Gasteiger partial charge in [0.25, 0.3) is 5.91 Å². The molecule has 2 heterocycles. The maximum Gasteiger partial charge on any atom is 0.273 e. The minimum atomic E-state index is -0.0336. The number of hydrogen-bond donors (Lipinski definition) is 1. The first kappa shape index (κ1) is 11.4. The fourth-order valence-electron chi connectivity index (χ4n) is 1.85. The van der Waals surface area contributed by atoms with E-state index in [9.17, 15) is 4.79 Å². The van der Waals surface area contributed by atoms with Crippen molar-refractivity contribution in [3.05, 3.63) is 16.9 Å². The second-order valence-electron chi connectivity index (χ2n) is 3.86. The summed E-state index contributed by atoms with van der Waals surface area (Å²) in [7, 11) is 1.73. The molecule has 1 aromatic heterocycles. The van der Waals surface area contributed by atoms with E-state index < -0.39 is 0 Å². The third kappa shape index (κ3) is 2.20. The molecule has 0 unspecified atom stereocenters. The quantitative estimate of drug-likeness (QED) is 0.781. The van der Waals surface area contributed by atoms with Crippen LogP contribution < -0.4 is 5.32 Å². The molecular formula is C10H15ClN4O. The molecule has 1 amide bonds. The smallest absolute Gasteiger partial charge is 0.273 e. The predicted octanol–water partition coefficient (Wildman–Crippen LogP) is 0.509. The Kier molecular flexibility index (Phi) is 3.46. The topological polar surface area (TPSA) is 50.2 Å². The molecule has 1 aliphatic rings. The maximum atomic E-state index is 12.2. The zero-order valence-electron chi connectivity index (χ0n) is 9.24. The summed E-state index contributed by atoms with van der Waals surface area (Å²) in [5, 5.41) is 7.66. The van der Waals surface area contributed by atoms with Gasteiger partial charge in [0, 0.05) is 26.7 Å². The molecule has 0 atom stereocenters. The number of rotatable bonds is 1. The highest BCUT2D eigenvalue weighted by molar-refractivity contribution is 6.33. The third-order valence-corrected chi connectivity index (χ3v) is 3.00. The van der Waals surface area contributed by atoms with Crippen molar-refractivity contribution in [1.82, 2.24) is 20.0 Å². The van der Waals surface area contributed by atoms with Crippen LogP contribution in [0.1, 0.15) is 16.9 Å².